The van der Waals surface area contributed by atoms with E-state index in [9.17, 15) is 0 Å². The van der Waals surface area contributed by atoms with Gasteiger partial charge in [0.2, 0.25) is 0 Å². The lowest BCUT2D eigenvalue weighted by Gasteiger charge is -2.03. The van der Waals surface area contributed by atoms with Crippen LogP contribution in [0.5, 0.6) is 0 Å². The van der Waals surface area contributed by atoms with Gasteiger partial charge in [0.15, 0.2) is 0 Å². The molecule has 0 saturated carbocycles. The van der Waals surface area contributed by atoms with Gasteiger partial charge in [0.05, 0.1) is 0 Å². The van der Waals surface area contributed by atoms with Crippen LogP contribution in [-0.4, -0.2) is 5.88 Å². The Labute approximate surface area is 110 Å². The maximum absolute atomic E-state index is 5.64. The highest BCUT2D eigenvalue weighted by Gasteiger charge is 1.95. The van der Waals surface area contributed by atoms with Gasteiger partial charge in [-0.05, 0) is 30.4 Å². The molecule has 0 fully saturated rings. The van der Waals surface area contributed by atoms with Gasteiger partial charge in [0, 0.05) is 12.4 Å². The van der Waals surface area contributed by atoms with E-state index in [1.165, 1.54) is 56.1 Å². The van der Waals surface area contributed by atoms with Crippen LogP contribution in [-0.2, 0) is 13.0 Å². The van der Waals surface area contributed by atoms with Gasteiger partial charge in [0.25, 0.3) is 0 Å². The number of unbranched alkanes of at least 4 members (excludes halogenated alkanes) is 5. The smallest absolute Gasteiger partial charge is 0.0223 e. The number of rotatable bonds is 9. The maximum atomic E-state index is 5.64. The average molecular weight is 254 g/mol. The number of aryl methyl sites for hydroxylation is 1. The zero-order valence-electron chi connectivity index (χ0n) is 10.6. The van der Waals surface area contributed by atoms with E-state index in [1.807, 2.05) is 0 Å². The molecule has 0 bridgehead atoms. The highest BCUT2D eigenvalue weighted by atomic mass is 35.5. The molecular weight excluding hydrogens is 230 g/mol. The highest BCUT2D eigenvalue weighted by molar-refractivity contribution is 6.17. The van der Waals surface area contributed by atoms with Gasteiger partial charge < -0.3 is 5.73 Å². The predicted octanol–water partition coefficient (Wildman–Crippen LogP) is 4.27. The van der Waals surface area contributed by atoms with Crippen LogP contribution < -0.4 is 5.73 Å². The molecule has 96 valence electrons. The Hall–Kier alpha value is -0.530. The summed E-state index contributed by atoms with van der Waals surface area (Å²) in [5.41, 5.74) is 8.22. The second-order valence-electron chi connectivity index (χ2n) is 4.58. The highest BCUT2D eigenvalue weighted by Crippen LogP contribution is 2.11. The monoisotopic (exact) mass is 253 g/mol. The third-order valence-electron chi connectivity index (χ3n) is 3.11. The molecule has 1 rings (SSSR count). The first-order chi connectivity index (χ1) is 8.36. The normalized spacial score (nSPS) is 10.7. The van der Waals surface area contributed by atoms with Crippen molar-refractivity contribution in [2.24, 2.45) is 5.73 Å². The predicted molar refractivity (Wildman–Crippen MR) is 76.5 cm³/mol. The topological polar surface area (TPSA) is 26.0 Å². The minimum absolute atomic E-state index is 0.640. The van der Waals surface area contributed by atoms with E-state index in [0.29, 0.717) is 6.54 Å². The van der Waals surface area contributed by atoms with Crippen LogP contribution in [0.1, 0.15) is 49.7 Å². The fourth-order valence-electron chi connectivity index (χ4n) is 1.97. The molecule has 1 aromatic carbocycles. The molecule has 0 radical (unpaired) electrons. The third kappa shape index (κ3) is 6.70. The van der Waals surface area contributed by atoms with E-state index in [4.69, 9.17) is 17.3 Å². The molecule has 0 amide bonds. The lowest BCUT2D eigenvalue weighted by Crippen LogP contribution is -1.96. The van der Waals surface area contributed by atoms with E-state index >= 15 is 0 Å². The first-order valence-electron chi connectivity index (χ1n) is 6.70. The molecule has 1 aromatic rings. The van der Waals surface area contributed by atoms with Crippen LogP contribution >= 0.6 is 11.6 Å². The molecule has 0 heterocycles. The summed E-state index contributed by atoms with van der Waals surface area (Å²) in [4.78, 5) is 0. The molecular formula is C15H24ClN. The first kappa shape index (κ1) is 14.5. The SMILES string of the molecule is NCc1ccc(CCCCCCCCCl)cc1. The molecule has 0 saturated heterocycles. The van der Waals surface area contributed by atoms with Crippen molar-refractivity contribution in [1.82, 2.24) is 0 Å². The van der Waals surface area contributed by atoms with Crippen molar-refractivity contribution in [2.45, 2.75) is 51.5 Å². The van der Waals surface area contributed by atoms with Crippen LogP contribution in [0.25, 0.3) is 0 Å². The minimum Gasteiger partial charge on any atom is -0.326 e. The lowest BCUT2D eigenvalue weighted by atomic mass is 10.0. The molecule has 2 heteroatoms. The van der Waals surface area contributed by atoms with Crippen LogP contribution in [0.4, 0.5) is 0 Å². The summed E-state index contributed by atoms with van der Waals surface area (Å²) >= 11 is 5.64. The van der Waals surface area contributed by atoms with Crippen molar-refractivity contribution in [3.05, 3.63) is 35.4 Å². The second-order valence-corrected chi connectivity index (χ2v) is 4.96. The molecule has 0 aromatic heterocycles. The molecule has 0 aliphatic carbocycles. The van der Waals surface area contributed by atoms with Crippen LogP contribution in [0.3, 0.4) is 0 Å². The molecule has 0 spiro atoms. The Morgan fingerprint density at radius 3 is 1.88 bits per heavy atom. The van der Waals surface area contributed by atoms with Crippen molar-refractivity contribution in [3.8, 4) is 0 Å². The summed E-state index contributed by atoms with van der Waals surface area (Å²) in [5, 5.41) is 0. The van der Waals surface area contributed by atoms with E-state index in [2.05, 4.69) is 24.3 Å². The Morgan fingerprint density at radius 1 is 0.765 bits per heavy atom. The number of hydrogen-bond donors (Lipinski definition) is 1. The lowest BCUT2D eigenvalue weighted by molar-refractivity contribution is 0.608. The van der Waals surface area contributed by atoms with Gasteiger partial charge in [0.1, 0.15) is 0 Å². The Balaban J connectivity index is 2.05. The van der Waals surface area contributed by atoms with Gasteiger partial charge in [-0.3, -0.25) is 0 Å². The molecule has 17 heavy (non-hydrogen) atoms. The van der Waals surface area contributed by atoms with Crippen molar-refractivity contribution in [1.29, 1.82) is 0 Å². The molecule has 2 N–H and O–H groups in total. The number of alkyl halides is 1. The van der Waals surface area contributed by atoms with Gasteiger partial charge in [-0.25, -0.2) is 0 Å². The second kappa shape index (κ2) is 9.49. The van der Waals surface area contributed by atoms with Crippen molar-refractivity contribution >= 4 is 11.6 Å². The standard InChI is InChI=1S/C15H24ClN/c16-12-6-4-2-1-3-5-7-14-8-10-15(13-17)11-9-14/h8-11H,1-7,12-13,17H2. The number of halogens is 1. The maximum Gasteiger partial charge on any atom is 0.0223 e. The Bertz CT molecular complexity index is 281. The van der Waals surface area contributed by atoms with Crippen molar-refractivity contribution in [3.63, 3.8) is 0 Å². The van der Waals surface area contributed by atoms with Gasteiger partial charge in [-0.1, -0.05) is 49.9 Å². The number of nitrogens with two attached hydrogens (primary N) is 1. The molecule has 0 aliphatic rings. The molecule has 0 aliphatic heterocycles. The number of hydrogen-bond acceptors (Lipinski definition) is 1. The summed E-state index contributed by atoms with van der Waals surface area (Å²) in [6, 6.07) is 8.68. The summed E-state index contributed by atoms with van der Waals surface area (Å²) in [6.45, 7) is 0.640. The molecule has 1 nitrogen and oxygen atoms in total. The quantitative estimate of drug-likeness (QED) is 0.516. The zero-order chi connectivity index (χ0) is 12.3. The molecule has 0 atom stereocenters. The van der Waals surface area contributed by atoms with E-state index in [0.717, 1.165) is 5.88 Å². The van der Waals surface area contributed by atoms with Crippen LogP contribution in [0, 0.1) is 0 Å². The van der Waals surface area contributed by atoms with Gasteiger partial charge >= 0.3 is 0 Å². The first-order valence-corrected chi connectivity index (χ1v) is 7.24. The van der Waals surface area contributed by atoms with E-state index in [-0.39, 0.29) is 0 Å². The van der Waals surface area contributed by atoms with Crippen LogP contribution in [0.15, 0.2) is 24.3 Å². The zero-order valence-corrected chi connectivity index (χ0v) is 11.4. The van der Waals surface area contributed by atoms with Gasteiger partial charge in [-0.15, -0.1) is 11.6 Å². The van der Waals surface area contributed by atoms with E-state index in [1.54, 1.807) is 0 Å². The third-order valence-corrected chi connectivity index (χ3v) is 3.38. The summed E-state index contributed by atoms with van der Waals surface area (Å²) < 4.78 is 0. The summed E-state index contributed by atoms with van der Waals surface area (Å²) in [7, 11) is 0. The fraction of sp³-hybridized carbons (Fsp3) is 0.600. The number of benzene rings is 1. The van der Waals surface area contributed by atoms with Crippen molar-refractivity contribution in [2.75, 3.05) is 5.88 Å². The van der Waals surface area contributed by atoms with Crippen molar-refractivity contribution < 1.29 is 0 Å². The largest absolute Gasteiger partial charge is 0.326 e. The Morgan fingerprint density at radius 2 is 1.29 bits per heavy atom. The fourth-order valence-corrected chi connectivity index (χ4v) is 2.16. The summed E-state index contributed by atoms with van der Waals surface area (Å²) in [6.07, 6.45) is 8.96. The van der Waals surface area contributed by atoms with Crippen LogP contribution in [0.2, 0.25) is 0 Å². The van der Waals surface area contributed by atoms with Gasteiger partial charge in [-0.2, -0.15) is 0 Å². The van der Waals surface area contributed by atoms with E-state index < -0.39 is 0 Å². The Kier molecular flexibility index (Phi) is 8.12. The average Bonchev–Trinajstić information content (AvgIpc) is 2.38. The summed E-state index contributed by atoms with van der Waals surface area (Å²) in [5.74, 6) is 0.813. The minimum atomic E-state index is 0.640. The molecule has 0 unspecified atom stereocenters.